The van der Waals surface area contributed by atoms with Gasteiger partial charge in [-0.2, -0.15) is 0 Å². The molecule has 0 aliphatic carbocycles. The minimum absolute atomic E-state index is 0.0900. The maximum atomic E-state index is 13.8. The summed E-state index contributed by atoms with van der Waals surface area (Å²) in [6.45, 7) is 2.59. The van der Waals surface area contributed by atoms with Gasteiger partial charge in [0.15, 0.2) is 0 Å². The summed E-state index contributed by atoms with van der Waals surface area (Å²) in [7, 11) is 0. The maximum Gasteiger partial charge on any atom is 0.126 e. The molecule has 3 heteroatoms. The standard InChI is InChI=1S/C13H19FN2/c14-13-4-2-1-3-12(13)11-6-8-16-7-5-10(11)9-15/h1-4,10-11,16H,5-9,15H2. The second kappa shape index (κ2) is 5.41. The molecule has 88 valence electrons. The zero-order chi connectivity index (χ0) is 11.4. The van der Waals surface area contributed by atoms with E-state index < -0.39 is 0 Å². The van der Waals surface area contributed by atoms with Crippen LogP contribution in [0.5, 0.6) is 0 Å². The molecule has 2 nitrogen and oxygen atoms in total. The van der Waals surface area contributed by atoms with Gasteiger partial charge in [-0.15, -0.1) is 0 Å². The third-order valence-corrected chi connectivity index (χ3v) is 3.50. The van der Waals surface area contributed by atoms with E-state index in [1.807, 2.05) is 12.1 Å². The van der Waals surface area contributed by atoms with E-state index in [4.69, 9.17) is 5.73 Å². The molecule has 0 radical (unpaired) electrons. The number of nitrogens with two attached hydrogens (primary N) is 1. The van der Waals surface area contributed by atoms with Crippen molar-refractivity contribution < 1.29 is 4.39 Å². The second-order valence-electron chi connectivity index (χ2n) is 4.45. The van der Waals surface area contributed by atoms with Crippen molar-refractivity contribution in [3.8, 4) is 0 Å². The van der Waals surface area contributed by atoms with Crippen molar-refractivity contribution in [1.82, 2.24) is 5.32 Å². The molecule has 0 amide bonds. The van der Waals surface area contributed by atoms with Gasteiger partial charge in [0.05, 0.1) is 0 Å². The molecule has 0 spiro atoms. The smallest absolute Gasteiger partial charge is 0.126 e. The van der Waals surface area contributed by atoms with E-state index in [-0.39, 0.29) is 11.7 Å². The molecule has 1 aliphatic rings. The predicted molar refractivity (Wildman–Crippen MR) is 63.8 cm³/mol. The molecular weight excluding hydrogens is 203 g/mol. The Hall–Kier alpha value is -0.930. The largest absolute Gasteiger partial charge is 0.330 e. The summed E-state index contributed by atoms with van der Waals surface area (Å²) >= 11 is 0. The van der Waals surface area contributed by atoms with Gasteiger partial charge in [-0.25, -0.2) is 4.39 Å². The molecule has 1 fully saturated rings. The fraction of sp³-hybridized carbons (Fsp3) is 0.538. The van der Waals surface area contributed by atoms with Crippen molar-refractivity contribution >= 4 is 0 Å². The van der Waals surface area contributed by atoms with Gasteiger partial charge < -0.3 is 11.1 Å². The number of hydrogen-bond acceptors (Lipinski definition) is 2. The molecule has 1 aliphatic heterocycles. The highest BCUT2D eigenvalue weighted by molar-refractivity contribution is 5.23. The zero-order valence-electron chi connectivity index (χ0n) is 9.45. The zero-order valence-corrected chi connectivity index (χ0v) is 9.45. The van der Waals surface area contributed by atoms with E-state index in [1.54, 1.807) is 12.1 Å². The van der Waals surface area contributed by atoms with Crippen LogP contribution in [0.4, 0.5) is 4.39 Å². The van der Waals surface area contributed by atoms with Crippen molar-refractivity contribution in [2.45, 2.75) is 18.8 Å². The Bertz CT molecular complexity index is 340. The van der Waals surface area contributed by atoms with Gasteiger partial charge in [-0.05, 0) is 55.9 Å². The van der Waals surface area contributed by atoms with Gasteiger partial charge in [-0.3, -0.25) is 0 Å². The van der Waals surface area contributed by atoms with E-state index in [0.29, 0.717) is 12.5 Å². The van der Waals surface area contributed by atoms with Crippen LogP contribution in [0.3, 0.4) is 0 Å². The molecule has 2 unspecified atom stereocenters. The highest BCUT2D eigenvalue weighted by Gasteiger charge is 2.25. The summed E-state index contributed by atoms with van der Waals surface area (Å²) in [5.41, 5.74) is 6.64. The van der Waals surface area contributed by atoms with Crippen molar-refractivity contribution in [3.63, 3.8) is 0 Å². The first kappa shape index (κ1) is 11.6. The Morgan fingerprint density at radius 2 is 2.00 bits per heavy atom. The van der Waals surface area contributed by atoms with Crippen LogP contribution in [-0.4, -0.2) is 19.6 Å². The summed E-state index contributed by atoms with van der Waals surface area (Å²) in [6, 6.07) is 7.09. The quantitative estimate of drug-likeness (QED) is 0.801. The Morgan fingerprint density at radius 3 is 2.75 bits per heavy atom. The molecule has 1 heterocycles. The molecule has 16 heavy (non-hydrogen) atoms. The number of benzene rings is 1. The molecule has 2 atom stereocenters. The van der Waals surface area contributed by atoms with E-state index in [1.165, 1.54) is 0 Å². The summed E-state index contributed by atoms with van der Waals surface area (Å²) in [5.74, 6) is 0.570. The molecule has 0 saturated carbocycles. The Balaban J connectivity index is 2.25. The molecule has 3 N–H and O–H groups in total. The Morgan fingerprint density at radius 1 is 1.25 bits per heavy atom. The topological polar surface area (TPSA) is 38.0 Å². The van der Waals surface area contributed by atoms with E-state index in [9.17, 15) is 4.39 Å². The first-order chi connectivity index (χ1) is 7.83. The number of halogens is 1. The average molecular weight is 222 g/mol. The number of hydrogen-bond donors (Lipinski definition) is 2. The fourth-order valence-electron chi connectivity index (χ4n) is 2.57. The lowest BCUT2D eigenvalue weighted by Gasteiger charge is -2.24. The lowest BCUT2D eigenvalue weighted by molar-refractivity contribution is 0.406. The molecule has 2 rings (SSSR count). The molecule has 1 aromatic carbocycles. The molecule has 1 aromatic rings. The summed E-state index contributed by atoms with van der Waals surface area (Å²) in [5, 5.41) is 3.35. The van der Waals surface area contributed by atoms with Crippen LogP contribution in [0, 0.1) is 11.7 Å². The van der Waals surface area contributed by atoms with E-state index in [0.717, 1.165) is 31.5 Å². The third kappa shape index (κ3) is 2.42. The van der Waals surface area contributed by atoms with Gasteiger partial charge in [-0.1, -0.05) is 18.2 Å². The van der Waals surface area contributed by atoms with Crippen LogP contribution in [0.25, 0.3) is 0 Å². The van der Waals surface area contributed by atoms with Crippen LogP contribution < -0.4 is 11.1 Å². The normalized spacial score (nSPS) is 26.4. The Kier molecular flexibility index (Phi) is 3.91. The van der Waals surface area contributed by atoms with Crippen LogP contribution in [0.15, 0.2) is 24.3 Å². The monoisotopic (exact) mass is 222 g/mol. The van der Waals surface area contributed by atoms with Crippen molar-refractivity contribution in [2.75, 3.05) is 19.6 Å². The fourth-order valence-corrected chi connectivity index (χ4v) is 2.57. The van der Waals surface area contributed by atoms with Crippen molar-refractivity contribution in [1.29, 1.82) is 0 Å². The van der Waals surface area contributed by atoms with Crippen LogP contribution in [0.2, 0.25) is 0 Å². The molecule has 0 bridgehead atoms. The van der Waals surface area contributed by atoms with E-state index in [2.05, 4.69) is 5.32 Å². The minimum Gasteiger partial charge on any atom is -0.330 e. The lowest BCUT2D eigenvalue weighted by atomic mass is 9.82. The second-order valence-corrected chi connectivity index (χ2v) is 4.45. The van der Waals surface area contributed by atoms with Crippen molar-refractivity contribution in [2.24, 2.45) is 11.7 Å². The van der Waals surface area contributed by atoms with E-state index >= 15 is 0 Å². The highest BCUT2D eigenvalue weighted by Crippen LogP contribution is 2.32. The SMILES string of the molecule is NCC1CCNCCC1c1ccccc1F. The van der Waals surface area contributed by atoms with Crippen molar-refractivity contribution in [3.05, 3.63) is 35.6 Å². The van der Waals surface area contributed by atoms with Gasteiger partial charge >= 0.3 is 0 Å². The van der Waals surface area contributed by atoms with Gasteiger partial charge in [0, 0.05) is 0 Å². The first-order valence-electron chi connectivity index (χ1n) is 5.98. The van der Waals surface area contributed by atoms with Crippen LogP contribution >= 0.6 is 0 Å². The maximum absolute atomic E-state index is 13.8. The van der Waals surface area contributed by atoms with Gasteiger partial charge in [0.1, 0.15) is 5.82 Å². The van der Waals surface area contributed by atoms with Crippen LogP contribution in [0.1, 0.15) is 24.3 Å². The van der Waals surface area contributed by atoms with Gasteiger partial charge in [0.2, 0.25) is 0 Å². The number of nitrogens with one attached hydrogen (secondary N) is 1. The summed E-state index contributed by atoms with van der Waals surface area (Å²) < 4.78 is 13.8. The average Bonchev–Trinajstić information content (AvgIpc) is 2.54. The summed E-state index contributed by atoms with van der Waals surface area (Å²) in [6.07, 6.45) is 2.01. The first-order valence-corrected chi connectivity index (χ1v) is 5.98. The Labute approximate surface area is 96.0 Å². The predicted octanol–water partition coefficient (Wildman–Crippen LogP) is 1.87. The van der Waals surface area contributed by atoms with Crippen LogP contribution in [-0.2, 0) is 0 Å². The van der Waals surface area contributed by atoms with Gasteiger partial charge in [0.25, 0.3) is 0 Å². The third-order valence-electron chi connectivity index (χ3n) is 3.50. The molecule has 0 aromatic heterocycles. The lowest BCUT2D eigenvalue weighted by Crippen LogP contribution is -2.22. The number of rotatable bonds is 2. The minimum atomic E-state index is -0.0900. The molecular formula is C13H19FN2. The highest BCUT2D eigenvalue weighted by atomic mass is 19.1. The molecule has 1 saturated heterocycles. The summed E-state index contributed by atoms with van der Waals surface area (Å²) in [4.78, 5) is 0.